The summed E-state index contributed by atoms with van der Waals surface area (Å²) in [6.07, 6.45) is 0.119. The lowest BCUT2D eigenvalue weighted by atomic mass is 10.0. The molecule has 0 saturated carbocycles. The second kappa shape index (κ2) is 7.70. The molecule has 0 unspecified atom stereocenters. The summed E-state index contributed by atoms with van der Waals surface area (Å²) < 4.78 is 14.7. The number of amides is 2. The highest BCUT2D eigenvalue weighted by molar-refractivity contribution is 9.11. The molecule has 0 fully saturated rings. The van der Waals surface area contributed by atoms with Gasteiger partial charge in [0, 0.05) is 20.9 Å². The van der Waals surface area contributed by atoms with Crippen molar-refractivity contribution in [3.63, 3.8) is 0 Å². The predicted octanol–water partition coefficient (Wildman–Crippen LogP) is 3.18. The van der Waals surface area contributed by atoms with Crippen LogP contribution in [0.5, 0.6) is 0 Å². The van der Waals surface area contributed by atoms with Crippen molar-refractivity contribution in [2.45, 2.75) is 12.5 Å². The number of nitrogens with one attached hydrogen (secondary N) is 1. The predicted molar refractivity (Wildman–Crippen MR) is 92.4 cm³/mol. The molecule has 0 bridgehead atoms. The zero-order valence-corrected chi connectivity index (χ0v) is 15.0. The van der Waals surface area contributed by atoms with E-state index in [4.69, 9.17) is 5.73 Å². The van der Waals surface area contributed by atoms with E-state index in [-0.39, 0.29) is 6.42 Å². The van der Waals surface area contributed by atoms with E-state index in [1.807, 2.05) is 0 Å². The Bertz CT molecular complexity index is 732. The molecule has 0 spiro atoms. The number of nitrogens with two attached hydrogens (primary N) is 1. The summed E-state index contributed by atoms with van der Waals surface area (Å²) >= 11 is 6.59. The summed E-state index contributed by atoms with van der Waals surface area (Å²) in [5.74, 6) is -1.53. The van der Waals surface area contributed by atoms with Crippen molar-refractivity contribution >= 4 is 43.7 Å². The fourth-order valence-corrected chi connectivity index (χ4v) is 3.34. The van der Waals surface area contributed by atoms with Gasteiger partial charge in [0.15, 0.2) is 0 Å². The zero-order chi connectivity index (χ0) is 17.0. The van der Waals surface area contributed by atoms with Crippen LogP contribution in [0.4, 0.5) is 4.39 Å². The van der Waals surface area contributed by atoms with Crippen molar-refractivity contribution in [2.75, 3.05) is 0 Å². The van der Waals surface area contributed by atoms with Gasteiger partial charge < -0.3 is 11.1 Å². The molecule has 4 nitrogen and oxygen atoms in total. The van der Waals surface area contributed by atoms with Crippen LogP contribution in [0.1, 0.15) is 15.9 Å². The molecule has 0 aliphatic rings. The monoisotopic (exact) mass is 442 g/mol. The van der Waals surface area contributed by atoms with Crippen molar-refractivity contribution in [1.82, 2.24) is 5.32 Å². The first-order chi connectivity index (χ1) is 10.8. The van der Waals surface area contributed by atoms with Crippen LogP contribution in [0, 0.1) is 5.82 Å². The van der Waals surface area contributed by atoms with Crippen molar-refractivity contribution in [3.05, 3.63) is 68.4 Å². The Morgan fingerprint density at radius 3 is 2.35 bits per heavy atom. The molecule has 2 aromatic rings. The highest BCUT2D eigenvalue weighted by Gasteiger charge is 2.20. The number of hydrogen-bond acceptors (Lipinski definition) is 2. The highest BCUT2D eigenvalue weighted by atomic mass is 79.9. The lowest BCUT2D eigenvalue weighted by molar-refractivity contribution is -0.119. The number of carbonyl (C=O) groups is 2. The molecule has 0 aliphatic carbocycles. The SMILES string of the molecule is NC(=O)[C@@H](Cc1cccc(F)c1)NC(=O)c1cc(Br)cc(Br)c1. The van der Waals surface area contributed by atoms with Crippen molar-refractivity contribution in [3.8, 4) is 0 Å². The average Bonchev–Trinajstić information content (AvgIpc) is 2.45. The minimum absolute atomic E-state index is 0.119. The molecule has 23 heavy (non-hydrogen) atoms. The van der Waals surface area contributed by atoms with Gasteiger partial charge in [0.1, 0.15) is 11.9 Å². The van der Waals surface area contributed by atoms with Crippen LogP contribution >= 0.6 is 31.9 Å². The largest absolute Gasteiger partial charge is 0.368 e. The van der Waals surface area contributed by atoms with Gasteiger partial charge in [-0.2, -0.15) is 0 Å². The molecular formula is C16H13Br2FN2O2. The molecule has 2 rings (SSSR count). The van der Waals surface area contributed by atoms with Crippen molar-refractivity contribution < 1.29 is 14.0 Å². The molecule has 0 aromatic heterocycles. The fourth-order valence-electron chi connectivity index (χ4n) is 2.05. The summed E-state index contributed by atoms with van der Waals surface area (Å²) in [5, 5.41) is 2.58. The summed E-state index contributed by atoms with van der Waals surface area (Å²) in [5.41, 5.74) is 6.29. The number of benzene rings is 2. The van der Waals surface area contributed by atoms with Gasteiger partial charge >= 0.3 is 0 Å². The second-order valence-corrected chi connectivity index (χ2v) is 6.75. The minimum atomic E-state index is -0.929. The topological polar surface area (TPSA) is 72.2 Å². The Labute approximate surface area is 149 Å². The second-order valence-electron chi connectivity index (χ2n) is 4.92. The number of hydrogen-bond donors (Lipinski definition) is 2. The Hall–Kier alpha value is -1.73. The van der Waals surface area contributed by atoms with Crippen LogP contribution in [0.2, 0.25) is 0 Å². The fraction of sp³-hybridized carbons (Fsp3) is 0.125. The summed E-state index contributed by atoms with van der Waals surface area (Å²) in [6.45, 7) is 0. The number of halogens is 3. The average molecular weight is 444 g/mol. The maximum absolute atomic E-state index is 13.2. The summed E-state index contributed by atoms with van der Waals surface area (Å²) in [6, 6.07) is 9.92. The lowest BCUT2D eigenvalue weighted by Gasteiger charge is -2.16. The van der Waals surface area contributed by atoms with Crippen LogP contribution in [0.15, 0.2) is 51.4 Å². The third kappa shape index (κ3) is 5.14. The Morgan fingerprint density at radius 1 is 1.13 bits per heavy atom. The van der Waals surface area contributed by atoms with E-state index in [0.717, 1.165) is 8.95 Å². The molecule has 0 radical (unpaired) electrons. The first kappa shape index (κ1) is 17.6. The lowest BCUT2D eigenvalue weighted by Crippen LogP contribution is -2.45. The van der Waals surface area contributed by atoms with E-state index in [1.54, 1.807) is 24.3 Å². The molecule has 3 N–H and O–H groups in total. The van der Waals surface area contributed by atoms with Crippen LogP contribution in [-0.4, -0.2) is 17.9 Å². The van der Waals surface area contributed by atoms with E-state index >= 15 is 0 Å². The van der Waals surface area contributed by atoms with E-state index < -0.39 is 23.7 Å². The smallest absolute Gasteiger partial charge is 0.252 e. The Morgan fingerprint density at radius 2 is 1.78 bits per heavy atom. The van der Waals surface area contributed by atoms with Crippen LogP contribution in [0.25, 0.3) is 0 Å². The van der Waals surface area contributed by atoms with Gasteiger partial charge in [-0.25, -0.2) is 4.39 Å². The van der Waals surface area contributed by atoms with E-state index in [0.29, 0.717) is 11.1 Å². The molecule has 2 aromatic carbocycles. The van der Waals surface area contributed by atoms with Crippen molar-refractivity contribution in [1.29, 1.82) is 0 Å². The molecule has 0 aliphatic heterocycles. The molecule has 1 atom stereocenters. The summed E-state index contributed by atoms with van der Waals surface area (Å²) in [4.78, 5) is 23.9. The molecule has 2 amide bonds. The molecule has 0 heterocycles. The van der Waals surface area contributed by atoms with Crippen LogP contribution in [0.3, 0.4) is 0 Å². The van der Waals surface area contributed by atoms with Gasteiger partial charge in [-0.15, -0.1) is 0 Å². The third-order valence-corrected chi connectivity index (χ3v) is 4.02. The minimum Gasteiger partial charge on any atom is -0.368 e. The quantitative estimate of drug-likeness (QED) is 0.744. The van der Waals surface area contributed by atoms with Crippen LogP contribution in [-0.2, 0) is 11.2 Å². The zero-order valence-electron chi connectivity index (χ0n) is 11.9. The highest BCUT2D eigenvalue weighted by Crippen LogP contribution is 2.20. The van der Waals surface area contributed by atoms with Gasteiger partial charge in [0.2, 0.25) is 5.91 Å². The number of carbonyl (C=O) groups excluding carboxylic acids is 2. The van der Waals surface area contributed by atoms with Gasteiger partial charge in [0.25, 0.3) is 5.91 Å². The van der Waals surface area contributed by atoms with Gasteiger partial charge in [-0.05, 0) is 35.9 Å². The Kier molecular flexibility index (Phi) is 5.90. The maximum Gasteiger partial charge on any atom is 0.252 e. The van der Waals surface area contributed by atoms with Crippen LogP contribution < -0.4 is 11.1 Å². The normalized spacial score (nSPS) is 11.8. The van der Waals surface area contributed by atoms with E-state index in [1.165, 1.54) is 18.2 Å². The maximum atomic E-state index is 13.2. The molecular weight excluding hydrogens is 431 g/mol. The van der Waals surface area contributed by atoms with Gasteiger partial charge in [-0.1, -0.05) is 44.0 Å². The number of rotatable bonds is 5. The van der Waals surface area contributed by atoms with Gasteiger partial charge in [0.05, 0.1) is 0 Å². The standard InChI is InChI=1S/C16H13Br2FN2O2/c17-11-6-10(7-12(18)8-11)16(23)21-14(15(20)22)5-9-2-1-3-13(19)4-9/h1-4,6-8,14H,5H2,(H2,20,22)(H,21,23)/t14-/m1/s1. The summed E-state index contributed by atoms with van der Waals surface area (Å²) in [7, 11) is 0. The third-order valence-electron chi connectivity index (χ3n) is 3.10. The Balaban J connectivity index is 2.15. The molecule has 7 heteroatoms. The molecule has 0 saturated heterocycles. The van der Waals surface area contributed by atoms with Gasteiger partial charge in [-0.3, -0.25) is 9.59 Å². The molecule has 120 valence electrons. The van der Waals surface area contributed by atoms with E-state index in [9.17, 15) is 14.0 Å². The van der Waals surface area contributed by atoms with E-state index in [2.05, 4.69) is 37.2 Å². The first-order valence-corrected chi connectivity index (χ1v) is 8.24. The van der Waals surface area contributed by atoms with Crippen molar-refractivity contribution in [2.24, 2.45) is 5.73 Å². The first-order valence-electron chi connectivity index (χ1n) is 6.66. The number of primary amides is 1.